The molecule has 4 heterocycles. The number of rotatable bonds is 0. The van der Waals surface area contributed by atoms with Crippen molar-refractivity contribution < 1.29 is 4.74 Å². The van der Waals surface area contributed by atoms with Gasteiger partial charge in [0.2, 0.25) is 0 Å². The highest BCUT2D eigenvalue weighted by Gasteiger charge is 2.40. The van der Waals surface area contributed by atoms with Crippen molar-refractivity contribution in [1.29, 1.82) is 0 Å². The van der Waals surface area contributed by atoms with Gasteiger partial charge >= 0.3 is 0 Å². The van der Waals surface area contributed by atoms with Crippen LogP contribution in [0.4, 0.5) is 23.0 Å². The Labute approximate surface area is 205 Å². The molecule has 7 heteroatoms. The fourth-order valence-electron chi connectivity index (χ4n) is 5.85. The molecule has 0 N–H and O–H groups in total. The van der Waals surface area contributed by atoms with Gasteiger partial charge in [-0.1, -0.05) is 25.0 Å². The molecule has 35 heavy (non-hydrogen) atoms. The molecule has 1 aromatic heterocycles. The molecule has 176 valence electrons. The van der Waals surface area contributed by atoms with E-state index in [9.17, 15) is 0 Å². The first-order valence-electron chi connectivity index (χ1n) is 12.4. The van der Waals surface area contributed by atoms with E-state index >= 15 is 0 Å². The van der Waals surface area contributed by atoms with E-state index in [2.05, 4.69) is 80.5 Å². The van der Waals surface area contributed by atoms with Crippen LogP contribution in [0, 0.1) is 0 Å². The first kappa shape index (κ1) is 20.4. The van der Waals surface area contributed by atoms with E-state index in [-0.39, 0.29) is 0 Å². The number of allylic oxidation sites excluding steroid dienone is 2. The van der Waals surface area contributed by atoms with Gasteiger partial charge in [-0.3, -0.25) is 0 Å². The van der Waals surface area contributed by atoms with E-state index in [1.54, 1.807) is 6.20 Å². The van der Waals surface area contributed by atoms with Crippen molar-refractivity contribution in [2.75, 3.05) is 28.0 Å². The van der Waals surface area contributed by atoms with Crippen LogP contribution in [0.1, 0.15) is 25.7 Å². The maximum Gasteiger partial charge on any atom is 0.178 e. The third-order valence-corrected chi connectivity index (χ3v) is 7.49. The third kappa shape index (κ3) is 3.58. The summed E-state index contributed by atoms with van der Waals surface area (Å²) < 4.78 is 6.34. The van der Waals surface area contributed by atoms with Gasteiger partial charge in [-0.2, -0.15) is 0 Å². The van der Waals surface area contributed by atoms with Crippen molar-refractivity contribution in [3.63, 3.8) is 0 Å². The van der Waals surface area contributed by atoms with Gasteiger partial charge in [0.1, 0.15) is 11.5 Å². The van der Waals surface area contributed by atoms with Gasteiger partial charge in [0.15, 0.2) is 11.6 Å². The van der Waals surface area contributed by atoms with Gasteiger partial charge in [-0.25, -0.2) is 9.97 Å². The molecule has 0 spiro atoms. The van der Waals surface area contributed by atoms with Crippen LogP contribution in [-0.4, -0.2) is 40.3 Å². The zero-order chi connectivity index (χ0) is 23.2. The minimum atomic E-state index is 0.352. The minimum absolute atomic E-state index is 0.352. The third-order valence-electron chi connectivity index (χ3n) is 7.49. The van der Waals surface area contributed by atoms with Gasteiger partial charge in [0, 0.05) is 48.3 Å². The van der Waals surface area contributed by atoms with E-state index in [0.29, 0.717) is 12.1 Å². The number of hydrogen-bond acceptors (Lipinski definition) is 7. The molecule has 2 aromatic carbocycles. The average Bonchev–Trinajstić information content (AvgIpc) is 3.11. The number of fused-ring (bicyclic) bond motifs is 16. The molecular formula is C28H28N6O. The molecule has 1 saturated carbocycles. The maximum absolute atomic E-state index is 6.34. The number of benzene rings is 2. The number of ether oxygens (including phenoxy) is 1. The highest BCUT2D eigenvalue weighted by molar-refractivity contribution is 5.77. The van der Waals surface area contributed by atoms with Crippen molar-refractivity contribution >= 4 is 23.0 Å². The minimum Gasteiger partial charge on any atom is -0.457 e. The summed E-state index contributed by atoms with van der Waals surface area (Å²) in [4.78, 5) is 19.2. The van der Waals surface area contributed by atoms with E-state index < -0.39 is 0 Å². The Kier molecular flexibility index (Phi) is 4.86. The molecule has 1 fully saturated rings. The Morgan fingerprint density at radius 3 is 2.31 bits per heavy atom. The SMILES string of the molecule is C1=CN2CN(C=C1)C1CCCCC1N1CN(c3cccc(c3)Oc3cccc2c3)c2nccnc21. The van der Waals surface area contributed by atoms with Crippen molar-refractivity contribution in [3.05, 3.63) is 85.5 Å². The Hall–Kier alpha value is -4.00. The molecule has 0 amide bonds. The molecule has 1 aliphatic carbocycles. The lowest BCUT2D eigenvalue weighted by Gasteiger charge is -2.45. The molecule has 3 aliphatic heterocycles. The lowest BCUT2D eigenvalue weighted by Crippen LogP contribution is -2.54. The average molecular weight is 465 g/mol. The molecule has 7 nitrogen and oxygen atoms in total. The van der Waals surface area contributed by atoms with Gasteiger partial charge in [0.25, 0.3) is 0 Å². The van der Waals surface area contributed by atoms with Gasteiger partial charge in [-0.05, 0) is 49.3 Å². The molecule has 0 saturated heterocycles. The van der Waals surface area contributed by atoms with Crippen molar-refractivity contribution in [2.45, 2.75) is 37.8 Å². The monoisotopic (exact) mass is 464 g/mol. The van der Waals surface area contributed by atoms with E-state index in [1.807, 2.05) is 18.3 Å². The fraction of sp³-hybridized carbons (Fsp3) is 0.286. The summed E-state index contributed by atoms with van der Waals surface area (Å²) in [6, 6.07) is 17.4. The van der Waals surface area contributed by atoms with Gasteiger partial charge in [-0.15, -0.1) is 0 Å². The van der Waals surface area contributed by atoms with Crippen LogP contribution in [0.5, 0.6) is 11.5 Å². The van der Waals surface area contributed by atoms with Crippen LogP contribution >= 0.6 is 0 Å². The number of hydrogen-bond donors (Lipinski definition) is 0. The number of nitrogens with zero attached hydrogens (tertiary/aromatic N) is 6. The van der Waals surface area contributed by atoms with Crippen LogP contribution in [0.3, 0.4) is 0 Å². The first-order valence-corrected chi connectivity index (χ1v) is 12.4. The fourth-order valence-corrected chi connectivity index (χ4v) is 5.85. The summed E-state index contributed by atoms with van der Waals surface area (Å²) in [5.74, 6) is 3.52. The topological polar surface area (TPSA) is 48.0 Å². The zero-order valence-electron chi connectivity index (χ0n) is 19.6. The standard InChI is InChI=1S/C28H28N6O/c1-2-12-26-25(11-1)32-16-4-3-15-31(19-32)21-7-5-9-23(17-21)35-24-10-6-8-22(18-24)33-20-34(26)28-27(33)29-13-14-30-28/h3-10,13-18,25-26H,1-2,11-12,19-20H2. The van der Waals surface area contributed by atoms with Gasteiger partial charge < -0.3 is 24.3 Å². The summed E-state index contributed by atoms with van der Waals surface area (Å²) >= 11 is 0. The molecule has 8 bridgehead atoms. The van der Waals surface area contributed by atoms with Crippen molar-refractivity contribution in [3.8, 4) is 11.5 Å². The van der Waals surface area contributed by atoms with Crippen LogP contribution in [0.2, 0.25) is 0 Å². The van der Waals surface area contributed by atoms with Gasteiger partial charge in [0.05, 0.1) is 25.4 Å². The summed E-state index contributed by atoms with van der Waals surface area (Å²) in [6.07, 6.45) is 17.1. The normalized spacial score (nSPS) is 22.5. The highest BCUT2D eigenvalue weighted by Crippen LogP contribution is 2.43. The van der Waals surface area contributed by atoms with Crippen molar-refractivity contribution in [1.82, 2.24) is 14.9 Å². The predicted molar refractivity (Wildman–Crippen MR) is 138 cm³/mol. The van der Waals surface area contributed by atoms with Crippen LogP contribution in [0.15, 0.2) is 85.5 Å². The highest BCUT2D eigenvalue weighted by atomic mass is 16.5. The first-order chi connectivity index (χ1) is 17.3. The summed E-state index contributed by atoms with van der Waals surface area (Å²) in [7, 11) is 0. The number of aromatic nitrogens is 2. The van der Waals surface area contributed by atoms with Crippen molar-refractivity contribution in [2.24, 2.45) is 0 Å². The molecule has 3 aromatic rings. The van der Waals surface area contributed by atoms with Crippen LogP contribution in [0.25, 0.3) is 0 Å². The Morgan fingerprint density at radius 1 is 0.743 bits per heavy atom. The van der Waals surface area contributed by atoms with Crippen LogP contribution < -0.4 is 19.4 Å². The summed E-state index contributed by atoms with van der Waals surface area (Å²) in [6.45, 7) is 1.52. The van der Waals surface area contributed by atoms with E-state index in [4.69, 9.17) is 14.7 Å². The molecular weight excluding hydrogens is 436 g/mol. The smallest absolute Gasteiger partial charge is 0.178 e. The quantitative estimate of drug-likeness (QED) is 0.428. The molecule has 0 radical (unpaired) electrons. The predicted octanol–water partition coefficient (Wildman–Crippen LogP) is 5.62. The Morgan fingerprint density at radius 2 is 1.46 bits per heavy atom. The molecule has 2 unspecified atom stereocenters. The van der Waals surface area contributed by atoms with E-state index in [1.165, 1.54) is 12.8 Å². The Bertz CT molecular complexity index is 1310. The Balaban J connectivity index is 1.39. The summed E-state index contributed by atoms with van der Waals surface area (Å²) in [5, 5.41) is 0. The largest absolute Gasteiger partial charge is 0.457 e. The second kappa shape index (κ2) is 8.34. The summed E-state index contributed by atoms with van der Waals surface area (Å²) in [5.41, 5.74) is 2.18. The number of anilines is 4. The van der Waals surface area contributed by atoms with Crippen LogP contribution in [-0.2, 0) is 0 Å². The molecule has 4 aliphatic rings. The maximum atomic E-state index is 6.34. The lowest BCUT2D eigenvalue weighted by molar-refractivity contribution is 0.190. The second-order valence-electron chi connectivity index (χ2n) is 9.57. The lowest BCUT2D eigenvalue weighted by atomic mass is 9.88. The molecule has 2 atom stereocenters. The zero-order valence-corrected chi connectivity index (χ0v) is 19.6. The molecule has 7 rings (SSSR count). The second-order valence-corrected chi connectivity index (χ2v) is 9.57. The van der Waals surface area contributed by atoms with E-state index in [0.717, 1.165) is 60.7 Å².